The van der Waals surface area contributed by atoms with E-state index in [-0.39, 0.29) is 29.5 Å². The molecule has 0 aliphatic carbocycles. The van der Waals surface area contributed by atoms with Gasteiger partial charge < -0.3 is 21.3 Å². The first-order chi connectivity index (χ1) is 19.0. The Hall–Kier alpha value is -3.91. The van der Waals surface area contributed by atoms with Crippen LogP contribution in [0.25, 0.3) is 0 Å². The lowest BCUT2D eigenvalue weighted by Crippen LogP contribution is -2.55. The third-order valence-electron chi connectivity index (χ3n) is 7.35. The van der Waals surface area contributed by atoms with Crippen LogP contribution in [0, 0.1) is 0 Å². The molecule has 8 nitrogen and oxygen atoms in total. The van der Waals surface area contributed by atoms with Crippen LogP contribution in [0.2, 0.25) is 0 Å². The van der Waals surface area contributed by atoms with Gasteiger partial charge in [-0.05, 0) is 62.9 Å². The number of halogens is 7. The molecule has 2 atom stereocenters. The molecule has 41 heavy (non-hydrogen) atoms. The van der Waals surface area contributed by atoms with Gasteiger partial charge in [0.25, 0.3) is 11.8 Å². The van der Waals surface area contributed by atoms with E-state index < -0.39 is 47.6 Å². The predicted molar refractivity (Wildman–Crippen MR) is 133 cm³/mol. The van der Waals surface area contributed by atoms with Gasteiger partial charge in [0.2, 0.25) is 0 Å². The minimum absolute atomic E-state index is 0.0433. The smallest absolute Gasteiger partial charge is 0.378 e. The molecule has 15 heteroatoms. The zero-order chi connectivity index (χ0) is 30.3. The van der Waals surface area contributed by atoms with Crippen LogP contribution in [0.15, 0.2) is 36.5 Å². The number of ketones is 1. The summed E-state index contributed by atoms with van der Waals surface area (Å²) >= 11 is 0. The number of pyridine rings is 1. The molecule has 0 saturated carbocycles. The fraction of sp³-hybridized carbons (Fsp3) is 0.462. The number of alkyl halides is 7. The van der Waals surface area contributed by atoms with E-state index in [0.717, 1.165) is 31.0 Å². The highest BCUT2D eigenvalue weighted by atomic mass is 19.4. The Bertz CT molecular complexity index is 1320. The van der Waals surface area contributed by atoms with Crippen molar-refractivity contribution in [2.45, 2.75) is 68.8 Å². The summed E-state index contributed by atoms with van der Waals surface area (Å²) in [6.45, 7) is -0.745. The number of hydrogen-bond donors (Lipinski definition) is 3. The van der Waals surface area contributed by atoms with E-state index in [4.69, 9.17) is 5.73 Å². The van der Waals surface area contributed by atoms with Crippen LogP contribution >= 0.6 is 0 Å². The number of benzene rings is 1. The lowest BCUT2D eigenvalue weighted by atomic mass is 9.96. The molecular weight excluding hydrogens is 563 g/mol. The quantitative estimate of drug-likeness (QED) is 0.292. The van der Waals surface area contributed by atoms with E-state index in [9.17, 15) is 45.1 Å². The summed E-state index contributed by atoms with van der Waals surface area (Å²) < 4.78 is 91.7. The van der Waals surface area contributed by atoms with Crippen LogP contribution in [0.1, 0.15) is 63.7 Å². The maximum atomic E-state index is 13.8. The number of piperidine rings is 1. The van der Waals surface area contributed by atoms with Gasteiger partial charge in [-0.1, -0.05) is 0 Å². The highest BCUT2D eigenvalue weighted by molar-refractivity contribution is 6.02. The molecule has 3 heterocycles. The average molecular weight is 590 g/mol. The number of carbonyl (C=O) groups excluding carboxylic acids is 3. The molecule has 222 valence electrons. The maximum Gasteiger partial charge on any atom is 0.459 e. The highest BCUT2D eigenvalue weighted by Gasteiger charge is 2.72. The second kappa shape index (κ2) is 10.8. The standard InChI is InChI=1S/C26H26F7N5O3/c1-13(39)15-3-7-21(35-11-15)38-17-4-5-18(38)10-16(9-17)37-23(41)14-2-6-19(22(34)40)20(8-14)36-12-24(27,28)25(29,30)26(31,32)33/h2-3,6-8,11,16-18,36H,4-5,9-10,12H2,1H3,(H2,34,40)(H,37,41). The Morgan fingerprint density at radius 1 is 0.976 bits per heavy atom. The first-order valence-corrected chi connectivity index (χ1v) is 12.6. The number of carbonyl (C=O) groups is 3. The Kier molecular flexibility index (Phi) is 7.93. The van der Waals surface area contributed by atoms with Gasteiger partial charge in [-0.3, -0.25) is 14.4 Å². The number of amides is 2. The fourth-order valence-corrected chi connectivity index (χ4v) is 5.26. The van der Waals surface area contributed by atoms with Gasteiger partial charge in [-0.25, -0.2) is 4.98 Å². The molecule has 4 rings (SSSR count). The van der Waals surface area contributed by atoms with Gasteiger partial charge in [-0.15, -0.1) is 0 Å². The van der Waals surface area contributed by atoms with Crippen molar-refractivity contribution in [1.82, 2.24) is 10.3 Å². The molecule has 2 saturated heterocycles. The number of nitrogens with zero attached hydrogens (tertiary/aromatic N) is 2. The molecule has 4 N–H and O–H groups in total. The summed E-state index contributed by atoms with van der Waals surface area (Å²) in [5.74, 6) is -13.2. The van der Waals surface area contributed by atoms with Gasteiger partial charge in [0.1, 0.15) is 5.82 Å². The SMILES string of the molecule is CC(=O)c1ccc(N2C3CCC2CC(NC(=O)c2ccc(C(N)=O)c(NCC(F)(F)C(F)(F)C(F)(F)F)c2)C3)nc1. The molecule has 2 amide bonds. The van der Waals surface area contributed by atoms with Crippen molar-refractivity contribution in [2.24, 2.45) is 5.73 Å². The Balaban J connectivity index is 1.45. The third kappa shape index (κ3) is 5.93. The molecule has 0 spiro atoms. The van der Waals surface area contributed by atoms with E-state index in [1.165, 1.54) is 13.1 Å². The molecule has 2 unspecified atom stereocenters. The van der Waals surface area contributed by atoms with Crippen molar-refractivity contribution in [3.8, 4) is 0 Å². The minimum atomic E-state index is -6.52. The first-order valence-electron chi connectivity index (χ1n) is 12.6. The zero-order valence-electron chi connectivity index (χ0n) is 21.6. The van der Waals surface area contributed by atoms with Crippen LogP contribution < -0.4 is 21.3 Å². The third-order valence-corrected chi connectivity index (χ3v) is 7.35. The van der Waals surface area contributed by atoms with Gasteiger partial charge >= 0.3 is 18.0 Å². The summed E-state index contributed by atoms with van der Waals surface area (Å²) in [6.07, 6.45) is -2.25. The summed E-state index contributed by atoms with van der Waals surface area (Å²) in [6, 6.07) is 6.29. The number of hydrogen-bond acceptors (Lipinski definition) is 6. The van der Waals surface area contributed by atoms with Crippen LogP contribution in [-0.4, -0.2) is 65.3 Å². The molecular formula is C26H26F7N5O3. The summed E-state index contributed by atoms with van der Waals surface area (Å²) in [5.41, 5.74) is 4.43. The number of nitrogens with one attached hydrogen (secondary N) is 2. The molecule has 2 bridgehead atoms. The predicted octanol–water partition coefficient (Wildman–Crippen LogP) is 4.56. The summed E-state index contributed by atoms with van der Waals surface area (Å²) in [5, 5.41) is 4.56. The molecule has 1 aromatic carbocycles. The van der Waals surface area contributed by atoms with E-state index >= 15 is 0 Å². The van der Waals surface area contributed by atoms with Crippen molar-refractivity contribution in [3.63, 3.8) is 0 Å². The molecule has 2 fully saturated rings. The van der Waals surface area contributed by atoms with Crippen molar-refractivity contribution in [2.75, 3.05) is 16.8 Å². The maximum absolute atomic E-state index is 13.8. The van der Waals surface area contributed by atoms with Crippen molar-refractivity contribution >= 4 is 29.1 Å². The van der Waals surface area contributed by atoms with E-state index in [1.54, 1.807) is 17.4 Å². The molecule has 2 aliphatic rings. The second-order valence-electron chi connectivity index (χ2n) is 10.2. The number of primary amides is 1. The number of nitrogens with two attached hydrogens (primary N) is 1. The van der Waals surface area contributed by atoms with Gasteiger partial charge in [-0.2, -0.15) is 30.7 Å². The van der Waals surface area contributed by atoms with Gasteiger partial charge in [0, 0.05) is 41.1 Å². The highest BCUT2D eigenvalue weighted by Crippen LogP contribution is 2.46. The topological polar surface area (TPSA) is 117 Å². The monoisotopic (exact) mass is 589 g/mol. The molecule has 2 aromatic rings. The minimum Gasteiger partial charge on any atom is -0.378 e. The van der Waals surface area contributed by atoms with Gasteiger partial charge in [0.15, 0.2) is 5.78 Å². The van der Waals surface area contributed by atoms with Crippen molar-refractivity contribution < 1.29 is 45.1 Å². The van der Waals surface area contributed by atoms with Gasteiger partial charge in [0.05, 0.1) is 12.1 Å². The zero-order valence-corrected chi connectivity index (χ0v) is 21.6. The lowest BCUT2D eigenvalue weighted by molar-refractivity contribution is -0.350. The fourth-order valence-electron chi connectivity index (χ4n) is 5.26. The lowest BCUT2D eigenvalue weighted by Gasteiger charge is -2.40. The summed E-state index contributed by atoms with van der Waals surface area (Å²) in [7, 11) is 0. The Morgan fingerprint density at radius 2 is 1.59 bits per heavy atom. The summed E-state index contributed by atoms with van der Waals surface area (Å²) in [4.78, 5) is 42.8. The van der Waals surface area contributed by atoms with Crippen LogP contribution in [0.4, 0.5) is 42.2 Å². The Morgan fingerprint density at radius 3 is 2.10 bits per heavy atom. The number of Topliss-reactive ketones (excluding diaryl/α,β-unsaturated/α-hetero) is 1. The normalized spacial score (nSPS) is 21.0. The van der Waals surface area contributed by atoms with Crippen molar-refractivity contribution in [1.29, 1.82) is 0 Å². The molecule has 0 radical (unpaired) electrons. The molecule has 1 aromatic heterocycles. The first kappa shape index (κ1) is 30.1. The molecule has 2 aliphatic heterocycles. The van der Waals surface area contributed by atoms with Crippen molar-refractivity contribution in [3.05, 3.63) is 53.2 Å². The van der Waals surface area contributed by atoms with E-state index in [0.29, 0.717) is 24.2 Å². The average Bonchev–Trinajstić information content (AvgIpc) is 3.16. The Labute approximate surface area is 229 Å². The number of anilines is 2. The number of aromatic nitrogens is 1. The van der Waals surface area contributed by atoms with Crippen LogP contribution in [0.3, 0.4) is 0 Å². The van der Waals surface area contributed by atoms with Crippen LogP contribution in [0.5, 0.6) is 0 Å². The largest absolute Gasteiger partial charge is 0.459 e. The van der Waals surface area contributed by atoms with E-state index in [1.807, 2.05) is 0 Å². The van der Waals surface area contributed by atoms with Crippen LogP contribution in [-0.2, 0) is 0 Å². The number of fused-ring (bicyclic) bond motifs is 2. The number of rotatable bonds is 9. The van der Waals surface area contributed by atoms with E-state index in [2.05, 4.69) is 15.2 Å². The second-order valence-corrected chi connectivity index (χ2v) is 10.2.